The Morgan fingerprint density at radius 3 is 2.47 bits per heavy atom. The van der Waals surface area contributed by atoms with Gasteiger partial charge < -0.3 is 16.2 Å². The average molecular weight is 258 g/mol. The van der Waals surface area contributed by atoms with Gasteiger partial charge in [-0.2, -0.15) is 0 Å². The first-order valence-electron chi connectivity index (χ1n) is 5.15. The lowest BCUT2D eigenvalue weighted by Gasteiger charge is -2.26. The van der Waals surface area contributed by atoms with Crippen molar-refractivity contribution in [2.24, 2.45) is 0 Å². The Kier molecular flexibility index (Phi) is 3.68. The first kappa shape index (κ1) is 13.8. The summed E-state index contributed by atoms with van der Waals surface area (Å²) in [7, 11) is -3.35. The first-order valence-corrected chi connectivity index (χ1v) is 7.04. The maximum atomic E-state index is 11.5. The van der Waals surface area contributed by atoms with Gasteiger partial charge in [0.25, 0.3) is 0 Å². The summed E-state index contributed by atoms with van der Waals surface area (Å²) in [5, 5.41) is 12.2. The molecule has 17 heavy (non-hydrogen) atoms. The van der Waals surface area contributed by atoms with Crippen LogP contribution in [0, 0.1) is 0 Å². The summed E-state index contributed by atoms with van der Waals surface area (Å²) in [6, 6.07) is 4.76. The predicted molar refractivity (Wildman–Crippen MR) is 68.8 cm³/mol. The van der Waals surface area contributed by atoms with Crippen LogP contribution >= 0.6 is 0 Å². The van der Waals surface area contributed by atoms with Crippen LogP contribution in [0.4, 0.5) is 11.4 Å². The van der Waals surface area contributed by atoms with Gasteiger partial charge in [-0.15, -0.1) is 0 Å². The van der Waals surface area contributed by atoms with Gasteiger partial charge in [0.2, 0.25) is 0 Å². The Labute approximate surface area is 102 Å². The van der Waals surface area contributed by atoms with E-state index in [1.165, 1.54) is 6.07 Å². The topological polar surface area (TPSA) is 92.4 Å². The zero-order valence-corrected chi connectivity index (χ0v) is 11.0. The quantitative estimate of drug-likeness (QED) is 0.696. The molecule has 0 saturated heterocycles. The highest BCUT2D eigenvalue weighted by atomic mass is 32.2. The van der Waals surface area contributed by atoms with Crippen molar-refractivity contribution in [1.82, 2.24) is 0 Å². The second-order valence-corrected chi connectivity index (χ2v) is 6.64. The third-order valence-corrected chi connectivity index (χ3v) is 3.49. The van der Waals surface area contributed by atoms with Crippen LogP contribution in [0.1, 0.15) is 13.8 Å². The number of rotatable bonds is 4. The molecule has 0 amide bonds. The fraction of sp³-hybridized carbons (Fsp3) is 0.455. The van der Waals surface area contributed by atoms with Gasteiger partial charge in [-0.05, 0) is 26.0 Å². The first-order chi connectivity index (χ1) is 7.67. The molecule has 0 radical (unpaired) electrons. The standard InChI is InChI=1S/C11H18N2O3S/c1-11(2,7-14)13-8-5-4-6-9(10(8)12)17(3,15)16/h4-6,13-14H,7,12H2,1-3H3. The normalized spacial score (nSPS) is 12.5. The summed E-state index contributed by atoms with van der Waals surface area (Å²) >= 11 is 0. The fourth-order valence-corrected chi connectivity index (χ4v) is 2.22. The Morgan fingerprint density at radius 1 is 1.41 bits per heavy atom. The number of nitrogens with one attached hydrogen (secondary N) is 1. The molecule has 96 valence electrons. The molecule has 1 rings (SSSR count). The number of nitrogens with two attached hydrogens (primary N) is 1. The number of para-hydroxylation sites is 1. The molecule has 5 nitrogen and oxygen atoms in total. The van der Waals surface area contributed by atoms with Gasteiger partial charge in [0, 0.05) is 6.26 Å². The number of hydrogen-bond acceptors (Lipinski definition) is 5. The summed E-state index contributed by atoms with van der Waals surface area (Å²) in [5.41, 5.74) is 5.93. The molecule has 0 aliphatic rings. The number of hydrogen-bond donors (Lipinski definition) is 3. The summed E-state index contributed by atoms with van der Waals surface area (Å²) in [5.74, 6) is 0. The van der Waals surface area contributed by atoms with E-state index >= 15 is 0 Å². The van der Waals surface area contributed by atoms with E-state index in [0.29, 0.717) is 5.69 Å². The van der Waals surface area contributed by atoms with Crippen LogP contribution in [0.3, 0.4) is 0 Å². The Hall–Kier alpha value is -1.27. The van der Waals surface area contributed by atoms with Gasteiger partial charge in [-0.1, -0.05) is 6.07 Å². The average Bonchev–Trinajstić information content (AvgIpc) is 2.19. The molecule has 0 heterocycles. The van der Waals surface area contributed by atoms with Gasteiger partial charge in [0.05, 0.1) is 28.4 Å². The molecular formula is C11H18N2O3S. The second kappa shape index (κ2) is 4.54. The molecule has 6 heteroatoms. The van der Waals surface area contributed by atoms with Crippen LogP contribution in [0.5, 0.6) is 0 Å². The number of sulfone groups is 1. The van der Waals surface area contributed by atoms with Crippen LogP contribution in [0.15, 0.2) is 23.1 Å². The monoisotopic (exact) mass is 258 g/mol. The molecule has 0 aliphatic heterocycles. The summed E-state index contributed by atoms with van der Waals surface area (Å²) in [4.78, 5) is 0.0937. The minimum Gasteiger partial charge on any atom is -0.396 e. The van der Waals surface area contributed by atoms with Crippen molar-refractivity contribution in [3.8, 4) is 0 Å². The van der Waals surface area contributed by atoms with Gasteiger partial charge in [0.15, 0.2) is 9.84 Å². The molecular weight excluding hydrogens is 240 g/mol. The molecule has 0 atom stereocenters. The minimum atomic E-state index is -3.35. The van der Waals surface area contributed by atoms with E-state index in [-0.39, 0.29) is 17.2 Å². The molecule has 4 N–H and O–H groups in total. The lowest BCUT2D eigenvalue weighted by atomic mass is 10.1. The van der Waals surface area contributed by atoms with E-state index in [1.54, 1.807) is 26.0 Å². The minimum absolute atomic E-state index is 0.0878. The number of aliphatic hydroxyl groups is 1. The van der Waals surface area contributed by atoms with E-state index < -0.39 is 15.4 Å². The second-order valence-electron chi connectivity index (χ2n) is 4.66. The van der Waals surface area contributed by atoms with Gasteiger partial charge in [0.1, 0.15) is 0 Å². The van der Waals surface area contributed by atoms with Gasteiger partial charge in [-0.25, -0.2) is 8.42 Å². The zero-order valence-electron chi connectivity index (χ0n) is 10.2. The molecule has 0 spiro atoms. The summed E-state index contributed by atoms with van der Waals surface area (Å²) in [6.07, 6.45) is 1.11. The lowest BCUT2D eigenvalue weighted by molar-refractivity contribution is 0.234. The molecule has 0 fully saturated rings. The predicted octanol–water partition coefficient (Wildman–Crippen LogP) is 0.855. The van der Waals surface area contributed by atoms with Crippen molar-refractivity contribution < 1.29 is 13.5 Å². The third-order valence-electron chi connectivity index (χ3n) is 2.33. The van der Waals surface area contributed by atoms with Crippen LogP contribution in [0.25, 0.3) is 0 Å². The van der Waals surface area contributed by atoms with E-state index in [1.807, 2.05) is 0 Å². The lowest BCUT2D eigenvalue weighted by Crippen LogP contribution is -2.35. The van der Waals surface area contributed by atoms with E-state index in [2.05, 4.69) is 5.32 Å². The number of aliphatic hydroxyl groups excluding tert-OH is 1. The Bertz CT molecular complexity index is 509. The van der Waals surface area contributed by atoms with Gasteiger partial charge >= 0.3 is 0 Å². The largest absolute Gasteiger partial charge is 0.396 e. The molecule has 0 bridgehead atoms. The summed E-state index contributed by atoms with van der Waals surface area (Å²) < 4.78 is 23.0. The fourth-order valence-electron chi connectivity index (χ4n) is 1.38. The highest BCUT2D eigenvalue weighted by molar-refractivity contribution is 7.90. The number of anilines is 2. The zero-order chi connectivity index (χ0) is 13.3. The van der Waals surface area contributed by atoms with Crippen molar-refractivity contribution in [2.75, 3.05) is 23.9 Å². The molecule has 1 aromatic carbocycles. The molecule has 0 aliphatic carbocycles. The van der Waals surface area contributed by atoms with Crippen LogP contribution < -0.4 is 11.1 Å². The Morgan fingerprint density at radius 2 is 2.00 bits per heavy atom. The van der Waals surface area contributed by atoms with Crippen molar-refractivity contribution in [3.63, 3.8) is 0 Å². The SMILES string of the molecule is CC(C)(CO)Nc1cccc(S(C)(=O)=O)c1N. The van der Waals surface area contributed by atoms with E-state index in [9.17, 15) is 8.42 Å². The molecule has 0 saturated carbocycles. The van der Waals surface area contributed by atoms with E-state index in [0.717, 1.165) is 6.26 Å². The number of benzene rings is 1. The van der Waals surface area contributed by atoms with Crippen molar-refractivity contribution in [3.05, 3.63) is 18.2 Å². The van der Waals surface area contributed by atoms with Gasteiger partial charge in [-0.3, -0.25) is 0 Å². The molecule has 1 aromatic rings. The molecule has 0 unspecified atom stereocenters. The Balaban J connectivity index is 3.21. The maximum absolute atomic E-state index is 11.5. The van der Waals surface area contributed by atoms with Crippen molar-refractivity contribution in [2.45, 2.75) is 24.3 Å². The highest BCUT2D eigenvalue weighted by Crippen LogP contribution is 2.28. The van der Waals surface area contributed by atoms with Crippen LogP contribution in [-0.4, -0.2) is 31.9 Å². The maximum Gasteiger partial charge on any atom is 0.177 e. The highest BCUT2D eigenvalue weighted by Gasteiger charge is 2.20. The van der Waals surface area contributed by atoms with E-state index in [4.69, 9.17) is 10.8 Å². The smallest absolute Gasteiger partial charge is 0.177 e. The van der Waals surface area contributed by atoms with Crippen LogP contribution in [0.2, 0.25) is 0 Å². The molecule has 0 aromatic heterocycles. The summed E-state index contributed by atoms with van der Waals surface area (Å²) in [6.45, 7) is 3.49. The van der Waals surface area contributed by atoms with Crippen molar-refractivity contribution >= 4 is 21.2 Å². The number of nitrogen functional groups attached to an aromatic ring is 1. The van der Waals surface area contributed by atoms with Crippen LogP contribution in [-0.2, 0) is 9.84 Å². The van der Waals surface area contributed by atoms with Crippen molar-refractivity contribution in [1.29, 1.82) is 0 Å². The third kappa shape index (κ3) is 3.34.